The van der Waals surface area contributed by atoms with Gasteiger partial charge in [0.25, 0.3) is 0 Å². The molecule has 0 amide bonds. The van der Waals surface area contributed by atoms with Gasteiger partial charge in [0.1, 0.15) is 11.6 Å². The van der Waals surface area contributed by atoms with Crippen molar-refractivity contribution in [3.63, 3.8) is 0 Å². The van der Waals surface area contributed by atoms with Crippen LogP contribution in [0, 0.1) is 6.92 Å². The summed E-state index contributed by atoms with van der Waals surface area (Å²) in [6.45, 7) is 2.01. The van der Waals surface area contributed by atoms with E-state index in [4.69, 9.17) is 0 Å². The number of aryl methyl sites for hydroxylation is 2. The second kappa shape index (κ2) is 3.73. The first-order valence-corrected chi connectivity index (χ1v) is 6.62. The summed E-state index contributed by atoms with van der Waals surface area (Å²) in [6, 6.07) is 13.9. The summed E-state index contributed by atoms with van der Waals surface area (Å²) in [5.74, 6) is 1.28. The first kappa shape index (κ1) is 11.3. The lowest BCUT2D eigenvalue weighted by Gasteiger charge is -2.07. The Kier molecular flexibility index (Phi) is 2.11. The van der Waals surface area contributed by atoms with E-state index in [0.29, 0.717) is 5.75 Å². The Morgan fingerprint density at radius 1 is 1.00 bits per heavy atom. The number of benzene rings is 3. The lowest BCUT2D eigenvalue weighted by molar-refractivity contribution is 0.476. The zero-order valence-electron chi connectivity index (χ0n) is 11.4. The molecule has 20 heavy (non-hydrogen) atoms. The van der Waals surface area contributed by atoms with Gasteiger partial charge in [-0.05, 0) is 41.3 Å². The molecule has 0 radical (unpaired) electrons. The second-order valence-corrected chi connectivity index (χ2v) is 5.22. The van der Waals surface area contributed by atoms with Crippen molar-refractivity contribution in [1.82, 2.24) is 9.55 Å². The number of phenolic OH excluding ortho intramolecular Hbond substituents is 1. The maximum atomic E-state index is 9.81. The molecule has 0 unspecified atom stereocenters. The Morgan fingerprint density at radius 3 is 2.55 bits per heavy atom. The van der Waals surface area contributed by atoms with Crippen molar-refractivity contribution in [2.75, 3.05) is 0 Å². The van der Waals surface area contributed by atoms with Crippen molar-refractivity contribution in [3.05, 3.63) is 48.3 Å². The number of aromatic hydroxyl groups is 1. The zero-order valence-corrected chi connectivity index (χ0v) is 11.4. The number of hydrogen-bond donors (Lipinski definition) is 1. The number of hydrogen-bond acceptors (Lipinski definition) is 2. The van der Waals surface area contributed by atoms with Crippen molar-refractivity contribution in [3.8, 4) is 5.75 Å². The maximum absolute atomic E-state index is 9.81. The third-order valence-electron chi connectivity index (χ3n) is 4.04. The van der Waals surface area contributed by atoms with Crippen molar-refractivity contribution < 1.29 is 5.11 Å². The van der Waals surface area contributed by atoms with Gasteiger partial charge in [-0.3, -0.25) is 0 Å². The molecule has 0 saturated heterocycles. The molecule has 4 rings (SSSR count). The van der Waals surface area contributed by atoms with E-state index < -0.39 is 0 Å². The zero-order chi connectivity index (χ0) is 13.9. The van der Waals surface area contributed by atoms with Gasteiger partial charge < -0.3 is 9.67 Å². The molecule has 3 heteroatoms. The van der Waals surface area contributed by atoms with Gasteiger partial charge in [0.15, 0.2) is 0 Å². The molecule has 98 valence electrons. The van der Waals surface area contributed by atoms with Gasteiger partial charge >= 0.3 is 0 Å². The molecule has 0 spiro atoms. The van der Waals surface area contributed by atoms with Crippen LogP contribution >= 0.6 is 0 Å². The lowest BCUT2D eigenvalue weighted by Crippen LogP contribution is -1.91. The predicted molar refractivity (Wildman–Crippen MR) is 82.1 cm³/mol. The molecule has 0 atom stereocenters. The van der Waals surface area contributed by atoms with Crippen LogP contribution < -0.4 is 0 Å². The van der Waals surface area contributed by atoms with E-state index in [2.05, 4.69) is 33.8 Å². The largest absolute Gasteiger partial charge is 0.508 e. The van der Waals surface area contributed by atoms with Crippen LogP contribution in [0.5, 0.6) is 5.75 Å². The minimum Gasteiger partial charge on any atom is -0.508 e. The molecule has 0 saturated carbocycles. The van der Waals surface area contributed by atoms with Crippen LogP contribution in [0.25, 0.3) is 32.6 Å². The Labute approximate surface area is 116 Å². The number of rotatable bonds is 0. The first-order valence-electron chi connectivity index (χ1n) is 6.62. The number of phenols is 1. The first-order chi connectivity index (χ1) is 9.65. The van der Waals surface area contributed by atoms with Crippen LogP contribution in [0.1, 0.15) is 5.82 Å². The summed E-state index contributed by atoms with van der Waals surface area (Å²) in [4.78, 5) is 4.59. The average Bonchev–Trinajstić information content (AvgIpc) is 2.74. The Hall–Kier alpha value is -2.55. The van der Waals surface area contributed by atoms with Gasteiger partial charge in [0.2, 0.25) is 0 Å². The molecular formula is C17H14N2O. The summed E-state index contributed by atoms with van der Waals surface area (Å²) < 4.78 is 2.11. The van der Waals surface area contributed by atoms with Gasteiger partial charge in [-0.15, -0.1) is 0 Å². The van der Waals surface area contributed by atoms with Crippen LogP contribution in [-0.2, 0) is 7.05 Å². The summed E-state index contributed by atoms with van der Waals surface area (Å²) in [5.41, 5.74) is 2.12. The highest BCUT2D eigenvalue weighted by Gasteiger charge is 2.11. The standard InChI is InChI=1S/C17H14N2O/c1-10-18-15-8-6-12-4-3-11-5-7-13(20)9-14(11)16(12)17(15)19(10)2/h3-9,20H,1-2H3. The van der Waals surface area contributed by atoms with Crippen molar-refractivity contribution >= 4 is 32.6 Å². The van der Waals surface area contributed by atoms with Crippen LogP contribution in [0.3, 0.4) is 0 Å². The molecule has 0 aliphatic carbocycles. The molecule has 0 aliphatic rings. The van der Waals surface area contributed by atoms with Gasteiger partial charge in [-0.2, -0.15) is 0 Å². The third-order valence-corrected chi connectivity index (χ3v) is 4.04. The average molecular weight is 262 g/mol. The van der Waals surface area contributed by atoms with E-state index in [0.717, 1.165) is 33.0 Å². The van der Waals surface area contributed by atoms with E-state index in [1.165, 1.54) is 5.39 Å². The van der Waals surface area contributed by atoms with Gasteiger partial charge in [-0.25, -0.2) is 4.98 Å². The summed E-state index contributed by atoms with van der Waals surface area (Å²) in [6.07, 6.45) is 0. The topological polar surface area (TPSA) is 38.1 Å². The number of nitrogens with zero attached hydrogens (tertiary/aromatic N) is 2. The predicted octanol–water partition coefficient (Wildman–Crippen LogP) is 3.89. The minimum absolute atomic E-state index is 0.292. The molecule has 4 aromatic rings. The highest BCUT2D eigenvalue weighted by atomic mass is 16.3. The van der Waals surface area contributed by atoms with E-state index in [1.807, 2.05) is 26.1 Å². The summed E-state index contributed by atoms with van der Waals surface area (Å²) in [7, 11) is 2.03. The van der Waals surface area contributed by atoms with Gasteiger partial charge in [0, 0.05) is 12.4 Å². The molecule has 1 N–H and O–H groups in total. The summed E-state index contributed by atoms with van der Waals surface area (Å²) in [5, 5.41) is 14.3. The number of fused-ring (bicyclic) bond motifs is 5. The molecule has 0 fully saturated rings. The van der Waals surface area contributed by atoms with E-state index in [-0.39, 0.29) is 0 Å². The van der Waals surface area contributed by atoms with Crippen LogP contribution in [0.4, 0.5) is 0 Å². The third kappa shape index (κ3) is 1.37. The minimum atomic E-state index is 0.292. The fraction of sp³-hybridized carbons (Fsp3) is 0.118. The van der Waals surface area contributed by atoms with E-state index in [9.17, 15) is 5.11 Å². The molecule has 1 aromatic heterocycles. The molecule has 1 heterocycles. The monoisotopic (exact) mass is 262 g/mol. The highest BCUT2D eigenvalue weighted by Crippen LogP contribution is 2.33. The molecular weight excluding hydrogens is 248 g/mol. The molecule has 0 bridgehead atoms. The van der Waals surface area contributed by atoms with Gasteiger partial charge in [-0.1, -0.05) is 24.3 Å². The molecule has 3 nitrogen and oxygen atoms in total. The van der Waals surface area contributed by atoms with Crippen molar-refractivity contribution in [2.45, 2.75) is 6.92 Å². The second-order valence-electron chi connectivity index (χ2n) is 5.22. The van der Waals surface area contributed by atoms with Crippen LogP contribution in [-0.4, -0.2) is 14.7 Å². The highest BCUT2D eigenvalue weighted by molar-refractivity contribution is 6.18. The van der Waals surface area contributed by atoms with Crippen molar-refractivity contribution in [1.29, 1.82) is 0 Å². The lowest BCUT2D eigenvalue weighted by atomic mass is 10.0. The Balaban J connectivity index is 2.38. The van der Waals surface area contributed by atoms with E-state index in [1.54, 1.807) is 6.07 Å². The smallest absolute Gasteiger partial charge is 0.116 e. The molecule has 0 aliphatic heterocycles. The number of imidazole rings is 1. The Bertz CT molecular complexity index is 983. The normalized spacial score (nSPS) is 11.7. The summed E-state index contributed by atoms with van der Waals surface area (Å²) >= 11 is 0. The molecule has 3 aromatic carbocycles. The quantitative estimate of drug-likeness (QED) is 0.488. The van der Waals surface area contributed by atoms with Gasteiger partial charge in [0.05, 0.1) is 11.0 Å². The number of aromatic nitrogens is 2. The van der Waals surface area contributed by atoms with E-state index >= 15 is 0 Å². The fourth-order valence-electron chi connectivity index (χ4n) is 2.94. The van der Waals surface area contributed by atoms with Crippen LogP contribution in [0.15, 0.2) is 42.5 Å². The van der Waals surface area contributed by atoms with Crippen LogP contribution in [0.2, 0.25) is 0 Å². The fourth-order valence-corrected chi connectivity index (χ4v) is 2.94. The van der Waals surface area contributed by atoms with Crippen molar-refractivity contribution in [2.24, 2.45) is 7.05 Å². The SMILES string of the molecule is Cc1nc2ccc3ccc4ccc(O)cc4c3c2n1C. The maximum Gasteiger partial charge on any atom is 0.116 e. The Morgan fingerprint density at radius 2 is 1.70 bits per heavy atom.